The summed E-state index contributed by atoms with van der Waals surface area (Å²) in [7, 11) is 0. The lowest BCUT2D eigenvalue weighted by atomic mass is 10.1. The van der Waals surface area contributed by atoms with E-state index in [0.29, 0.717) is 11.3 Å². The van der Waals surface area contributed by atoms with Gasteiger partial charge in [0.25, 0.3) is 5.91 Å². The zero-order valence-corrected chi connectivity index (χ0v) is 10.2. The smallest absolute Gasteiger partial charge is 0.256 e. The lowest BCUT2D eigenvalue weighted by Crippen LogP contribution is -2.14. The van der Waals surface area contributed by atoms with E-state index < -0.39 is 0 Å². The number of amides is 1. The maximum Gasteiger partial charge on any atom is 0.256 e. The Kier molecular flexibility index (Phi) is 3.37. The van der Waals surface area contributed by atoms with E-state index in [1.54, 1.807) is 24.4 Å². The molecule has 18 heavy (non-hydrogen) atoms. The first kappa shape index (κ1) is 12.2. The Hall–Kier alpha value is -2.23. The van der Waals surface area contributed by atoms with Gasteiger partial charge in [0.05, 0.1) is 0 Å². The number of aromatic nitrogens is 1. The number of hydrogen-bond acceptors (Lipinski definition) is 2. The molecule has 1 amide bonds. The number of aryl methyl sites for hydroxylation is 1. The first-order valence-electron chi connectivity index (χ1n) is 5.57. The normalized spacial score (nSPS) is 10.2. The minimum atomic E-state index is -0.379. The molecule has 0 saturated carbocycles. The summed E-state index contributed by atoms with van der Waals surface area (Å²) < 4.78 is 13.0. The summed E-state index contributed by atoms with van der Waals surface area (Å²) in [6, 6.07) is 7.45. The molecule has 0 saturated heterocycles. The van der Waals surface area contributed by atoms with Crippen LogP contribution in [0.1, 0.15) is 21.6 Å². The van der Waals surface area contributed by atoms with Crippen LogP contribution in [0.15, 0.2) is 36.5 Å². The molecule has 0 aliphatic heterocycles. The molecule has 0 unspecified atom stereocenters. The average Bonchev–Trinajstić information content (AvgIpc) is 2.32. The fourth-order valence-corrected chi connectivity index (χ4v) is 1.65. The van der Waals surface area contributed by atoms with Crippen LogP contribution in [-0.2, 0) is 0 Å². The number of nitrogens with one attached hydrogen (secondary N) is 1. The molecule has 0 aliphatic rings. The number of pyridine rings is 1. The molecule has 1 aromatic carbocycles. The van der Waals surface area contributed by atoms with Gasteiger partial charge in [0.2, 0.25) is 0 Å². The van der Waals surface area contributed by atoms with Crippen LogP contribution in [0.5, 0.6) is 0 Å². The molecule has 1 heterocycles. The van der Waals surface area contributed by atoms with E-state index in [0.717, 1.165) is 11.3 Å². The predicted molar refractivity (Wildman–Crippen MR) is 68.1 cm³/mol. The second kappa shape index (κ2) is 4.96. The molecule has 2 rings (SSSR count). The minimum absolute atomic E-state index is 0.261. The van der Waals surface area contributed by atoms with Crippen LogP contribution >= 0.6 is 0 Å². The highest BCUT2D eigenvalue weighted by Crippen LogP contribution is 2.14. The quantitative estimate of drug-likeness (QED) is 0.882. The van der Waals surface area contributed by atoms with Gasteiger partial charge in [0.1, 0.15) is 5.82 Å². The van der Waals surface area contributed by atoms with E-state index in [1.807, 2.05) is 13.8 Å². The summed E-state index contributed by atoms with van der Waals surface area (Å²) in [5.41, 5.74) is 2.62. The third-order valence-electron chi connectivity index (χ3n) is 2.78. The molecule has 4 heteroatoms. The van der Waals surface area contributed by atoms with Crippen molar-refractivity contribution in [2.75, 3.05) is 5.32 Å². The van der Waals surface area contributed by atoms with E-state index in [-0.39, 0.29) is 11.7 Å². The average molecular weight is 244 g/mol. The maximum atomic E-state index is 13.0. The van der Waals surface area contributed by atoms with Crippen molar-refractivity contribution in [1.82, 2.24) is 4.98 Å². The molecule has 0 bridgehead atoms. The van der Waals surface area contributed by atoms with E-state index in [1.165, 1.54) is 12.1 Å². The summed E-state index contributed by atoms with van der Waals surface area (Å²) >= 11 is 0. The zero-order chi connectivity index (χ0) is 13.1. The van der Waals surface area contributed by atoms with E-state index >= 15 is 0 Å². The van der Waals surface area contributed by atoms with Gasteiger partial charge in [0, 0.05) is 23.1 Å². The van der Waals surface area contributed by atoms with Crippen LogP contribution < -0.4 is 5.32 Å². The van der Waals surface area contributed by atoms with Crippen LogP contribution in [0.2, 0.25) is 0 Å². The highest BCUT2D eigenvalue weighted by Gasteiger charge is 2.11. The van der Waals surface area contributed by atoms with E-state index in [9.17, 15) is 9.18 Å². The molecular weight excluding hydrogens is 231 g/mol. The molecule has 3 nitrogen and oxygen atoms in total. The van der Waals surface area contributed by atoms with E-state index in [2.05, 4.69) is 10.3 Å². The minimum Gasteiger partial charge on any atom is -0.322 e. The number of rotatable bonds is 2. The molecule has 0 spiro atoms. The van der Waals surface area contributed by atoms with Gasteiger partial charge in [-0.15, -0.1) is 0 Å². The van der Waals surface area contributed by atoms with Gasteiger partial charge >= 0.3 is 0 Å². The van der Waals surface area contributed by atoms with Crippen molar-refractivity contribution in [1.29, 1.82) is 0 Å². The molecule has 2 aromatic rings. The largest absolute Gasteiger partial charge is 0.322 e. The Morgan fingerprint density at radius 1 is 1.28 bits per heavy atom. The first-order chi connectivity index (χ1) is 8.58. The third kappa shape index (κ3) is 2.53. The second-order valence-corrected chi connectivity index (χ2v) is 4.03. The van der Waals surface area contributed by atoms with Crippen LogP contribution in [0.3, 0.4) is 0 Å². The number of benzene rings is 1. The number of carbonyl (C=O) groups is 1. The van der Waals surface area contributed by atoms with Crippen molar-refractivity contribution in [3.63, 3.8) is 0 Å². The number of halogens is 1. The Morgan fingerprint density at radius 2 is 2.06 bits per heavy atom. The van der Waals surface area contributed by atoms with Gasteiger partial charge in [-0.3, -0.25) is 9.78 Å². The fraction of sp³-hybridized carbons (Fsp3) is 0.143. The third-order valence-corrected chi connectivity index (χ3v) is 2.78. The molecule has 1 aromatic heterocycles. The second-order valence-electron chi connectivity index (χ2n) is 4.03. The summed E-state index contributed by atoms with van der Waals surface area (Å²) in [4.78, 5) is 16.1. The predicted octanol–water partition coefficient (Wildman–Crippen LogP) is 3.09. The number of anilines is 1. The van der Waals surface area contributed by atoms with Crippen LogP contribution in [0, 0.1) is 19.7 Å². The topological polar surface area (TPSA) is 42.0 Å². The van der Waals surface area contributed by atoms with Crippen LogP contribution in [-0.4, -0.2) is 10.9 Å². The summed E-state index contributed by atoms with van der Waals surface area (Å²) in [6.45, 7) is 3.68. The van der Waals surface area contributed by atoms with Gasteiger partial charge in [-0.05, 0) is 43.7 Å². The SMILES string of the molecule is Cc1nccc(C(=O)Nc2cccc(F)c2)c1C. The Bertz CT molecular complexity index is 596. The highest BCUT2D eigenvalue weighted by molar-refractivity contribution is 6.05. The van der Waals surface area contributed by atoms with Crippen LogP contribution in [0.4, 0.5) is 10.1 Å². The summed E-state index contributed by atoms with van der Waals surface area (Å²) in [5.74, 6) is -0.640. The summed E-state index contributed by atoms with van der Waals surface area (Å²) in [6.07, 6.45) is 1.59. The number of hydrogen-bond donors (Lipinski definition) is 1. The molecule has 1 N–H and O–H groups in total. The van der Waals surface area contributed by atoms with Gasteiger partial charge in [0.15, 0.2) is 0 Å². The Morgan fingerprint density at radius 3 is 2.78 bits per heavy atom. The Balaban J connectivity index is 2.25. The molecule has 0 aliphatic carbocycles. The van der Waals surface area contributed by atoms with Crippen molar-refractivity contribution in [3.05, 3.63) is 59.2 Å². The number of carbonyl (C=O) groups excluding carboxylic acids is 1. The van der Waals surface area contributed by atoms with Crippen molar-refractivity contribution in [3.8, 4) is 0 Å². The van der Waals surface area contributed by atoms with Crippen molar-refractivity contribution in [2.24, 2.45) is 0 Å². The fourth-order valence-electron chi connectivity index (χ4n) is 1.65. The monoisotopic (exact) mass is 244 g/mol. The van der Waals surface area contributed by atoms with Crippen LogP contribution in [0.25, 0.3) is 0 Å². The standard InChI is InChI=1S/C14H13FN2O/c1-9-10(2)16-7-6-13(9)14(18)17-12-5-3-4-11(15)8-12/h3-8H,1-2H3,(H,17,18). The van der Waals surface area contributed by atoms with Crippen molar-refractivity contribution >= 4 is 11.6 Å². The Labute approximate surface area is 105 Å². The molecule has 0 atom stereocenters. The van der Waals surface area contributed by atoms with Crippen molar-refractivity contribution in [2.45, 2.75) is 13.8 Å². The van der Waals surface area contributed by atoms with Crippen molar-refractivity contribution < 1.29 is 9.18 Å². The first-order valence-corrected chi connectivity index (χ1v) is 5.57. The highest BCUT2D eigenvalue weighted by atomic mass is 19.1. The van der Waals surface area contributed by atoms with E-state index in [4.69, 9.17) is 0 Å². The molecule has 0 radical (unpaired) electrons. The number of nitrogens with zero attached hydrogens (tertiary/aromatic N) is 1. The molecule has 0 fully saturated rings. The lowest BCUT2D eigenvalue weighted by Gasteiger charge is -2.08. The van der Waals surface area contributed by atoms with Gasteiger partial charge in [-0.1, -0.05) is 6.07 Å². The van der Waals surface area contributed by atoms with Gasteiger partial charge in [-0.25, -0.2) is 4.39 Å². The molecule has 92 valence electrons. The summed E-state index contributed by atoms with van der Waals surface area (Å²) in [5, 5.41) is 2.66. The van der Waals surface area contributed by atoms with Gasteiger partial charge < -0.3 is 5.32 Å². The lowest BCUT2D eigenvalue weighted by molar-refractivity contribution is 0.102. The zero-order valence-electron chi connectivity index (χ0n) is 10.2. The van der Waals surface area contributed by atoms with Gasteiger partial charge in [-0.2, -0.15) is 0 Å². The molecular formula is C14H13FN2O. The maximum absolute atomic E-state index is 13.0.